The molecule has 1 fully saturated rings. The van der Waals surface area contributed by atoms with Gasteiger partial charge in [-0.05, 0) is 38.0 Å². The van der Waals surface area contributed by atoms with Gasteiger partial charge in [-0.1, -0.05) is 19.0 Å². The Morgan fingerprint density at radius 1 is 1.47 bits per heavy atom. The van der Waals surface area contributed by atoms with Crippen LogP contribution in [0.5, 0.6) is 0 Å². The van der Waals surface area contributed by atoms with Gasteiger partial charge in [-0.3, -0.25) is 0 Å². The van der Waals surface area contributed by atoms with Crippen molar-refractivity contribution in [2.75, 3.05) is 0 Å². The molecule has 0 aromatic heterocycles. The van der Waals surface area contributed by atoms with Crippen LogP contribution >= 0.6 is 0 Å². The quantitative estimate of drug-likeness (QED) is 0.288. The summed E-state index contributed by atoms with van der Waals surface area (Å²) < 4.78 is 0. The molecule has 1 aliphatic carbocycles. The van der Waals surface area contributed by atoms with Crippen LogP contribution in [0.1, 0.15) is 46.0 Å². The van der Waals surface area contributed by atoms with E-state index in [1.54, 1.807) is 0 Å². The lowest BCUT2D eigenvalue weighted by atomic mass is 9.87. The zero-order chi connectivity index (χ0) is 11.3. The predicted molar refractivity (Wildman–Crippen MR) is 62.0 cm³/mol. The smallest absolute Gasteiger partial charge is 0.156 e. The first kappa shape index (κ1) is 12.3. The second-order valence-electron chi connectivity index (χ2n) is 4.61. The molecule has 1 saturated carbocycles. The van der Waals surface area contributed by atoms with Crippen molar-refractivity contribution >= 4 is 5.84 Å². The van der Waals surface area contributed by atoms with Crippen LogP contribution < -0.4 is 11.1 Å². The summed E-state index contributed by atoms with van der Waals surface area (Å²) in [4.78, 5) is 0. The van der Waals surface area contributed by atoms with Crippen molar-refractivity contribution in [1.29, 1.82) is 0 Å². The SMILES string of the molecule is CCC(NC1CCC(C)CC1)C(N)=NO. The first-order chi connectivity index (χ1) is 7.17. The lowest BCUT2D eigenvalue weighted by Gasteiger charge is -2.30. The fourth-order valence-electron chi connectivity index (χ4n) is 2.19. The Labute approximate surface area is 91.9 Å². The van der Waals surface area contributed by atoms with E-state index in [9.17, 15) is 0 Å². The Hall–Kier alpha value is -0.770. The molecule has 0 spiro atoms. The fourth-order valence-corrected chi connectivity index (χ4v) is 2.19. The minimum Gasteiger partial charge on any atom is -0.409 e. The summed E-state index contributed by atoms with van der Waals surface area (Å²) in [5, 5.41) is 15.2. The molecule has 1 rings (SSSR count). The minimum absolute atomic E-state index is 0.0217. The molecule has 0 aromatic carbocycles. The normalized spacial score (nSPS) is 30.1. The van der Waals surface area contributed by atoms with Crippen molar-refractivity contribution < 1.29 is 5.21 Å². The maximum absolute atomic E-state index is 8.63. The van der Waals surface area contributed by atoms with Gasteiger partial charge in [-0.15, -0.1) is 0 Å². The highest BCUT2D eigenvalue weighted by molar-refractivity contribution is 5.85. The molecule has 4 N–H and O–H groups in total. The van der Waals surface area contributed by atoms with Gasteiger partial charge in [0, 0.05) is 6.04 Å². The van der Waals surface area contributed by atoms with E-state index in [0.717, 1.165) is 12.3 Å². The molecule has 0 bridgehead atoms. The summed E-state index contributed by atoms with van der Waals surface area (Å²) in [7, 11) is 0. The van der Waals surface area contributed by atoms with Gasteiger partial charge in [0.15, 0.2) is 5.84 Å². The molecule has 1 unspecified atom stereocenters. The molecule has 0 aromatic rings. The largest absolute Gasteiger partial charge is 0.409 e. The molecular weight excluding hydrogens is 190 g/mol. The summed E-state index contributed by atoms with van der Waals surface area (Å²) in [6.45, 7) is 4.35. The number of amidine groups is 1. The lowest BCUT2D eigenvalue weighted by Crippen LogP contribution is -2.47. The van der Waals surface area contributed by atoms with E-state index >= 15 is 0 Å². The van der Waals surface area contributed by atoms with Gasteiger partial charge in [0.2, 0.25) is 0 Å². The van der Waals surface area contributed by atoms with Gasteiger partial charge in [-0.2, -0.15) is 0 Å². The van der Waals surface area contributed by atoms with Crippen molar-refractivity contribution in [3.05, 3.63) is 0 Å². The number of nitrogens with two attached hydrogens (primary N) is 1. The average molecular weight is 213 g/mol. The molecule has 1 atom stereocenters. The molecule has 1 aliphatic rings. The third kappa shape index (κ3) is 3.70. The van der Waals surface area contributed by atoms with Crippen molar-refractivity contribution in [3.8, 4) is 0 Å². The second-order valence-corrected chi connectivity index (χ2v) is 4.61. The number of nitrogens with one attached hydrogen (secondary N) is 1. The van der Waals surface area contributed by atoms with E-state index in [1.165, 1.54) is 25.7 Å². The second kappa shape index (κ2) is 5.95. The van der Waals surface area contributed by atoms with Gasteiger partial charge in [-0.25, -0.2) is 0 Å². The van der Waals surface area contributed by atoms with Crippen molar-refractivity contribution in [2.24, 2.45) is 16.8 Å². The average Bonchev–Trinajstić information content (AvgIpc) is 2.27. The van der Waals surface area contributed by atoms with Gasteiger partial charge in [0.25, 0.3) is 0 Å². The number of hydrogen-bond acceptors (Lipinski definition) is 3. The first-order valence-electron chi connectivity index (χ1n) is 5.90. The Morgan fingerprint density at radius 2 is 2.07 bits per heavy atom. The number of nitrogens with zero attached hydrogens (tertiary/aromatic N) is 1. The van der Waals surface area contributed by atoms with Crippen LogP contribution in [0, 0.1) is 5.92 Å². The van der Waals surface area contributed by atoms with Crippen LogP contribution in [-0.2, 0) is 0 Å². The molecule has 15 heavy (non-hydrogen) atoms. The van der Waals surface area contributed by atoms with Crippen molar-refractivity contribution in [3.63, 3.8) is 0 Å². The lowest BCUT2D eigenvalue weighted by molar-refractivity contribution is 0.290. The maximum Gasteiger partial charge on any atom is 0.156 e. The summed E-state index contributed by atoms with van der Waals surface area (Å²) in [6.07, 6.45) is 5.84. The van der Waals surface area contributed by atoms with Crippen molar-refractivity contribution in [1.82, 2.24) is 5.32 Å². The summed E-state index contributed by atoms with van der Waals surface area (Å²) >= 11 is 0. The zero-order valence-corrected chi connectivity index (χ0v) is 9.74. The summed E-state index contributed by atoms with van der Waals surface area (Å²) in [5.74, 6) is 1.16. The summed E-state index contributed by atoms with van der Waals surface area (Å²) in [6, 6.07) is 0.555. The van der Waals surface area contributed by atoms with E-state index in [4.69, 9.17) is 10.9 Å². The zero-order valence-electron chi connectivity index (χ0n) is 9.74. The van der Waals surface area contributed by atoms with Gasteiger partial charge in [0.05, 0.1) is 6.04 Å². The molecule has 4 nitrogen and oxygen atoms in total. The molecule has 4 heteroatoms. The van der Waals surface area contributed by atoms with E-state index in [2.05, 4.69) is 17.4 Å². The van der Waals surface area contributed by atoms with Crippen LogP contribution in [0.2, 0.25) is 0 Å². The van der Waals surface area contributed by atoms with Crippen molar-refractivity contribution in [2.45, 2.75) is 58.0 Å². The number of oxime groups is 1. The van der Waals surface area contributed by atoms with E-state index < -0.39 is 0 Å². The molecule has 0 saturated heterocycles. The highest BCUT2D eigenvalue weighted by atomic mass is 16.4. The Balaban J connectivity index is 2.39. The summed E-state index contributed by atoms with van der Waals surface area (Å²) in [5.41, 5.74) is 5.61. The molecule has 0 heterocycles. The Bertz CT molecular complexity index is 210. The maximum atomic E-state index is 8.63. The molecule has 0 radical (unpaired) electrons. The monoisotopic (exact) mass is 213 g/mol. The van der Waals surface area contributed by atoms with E-state index in [1.807, 2.05) is 6.92 Å². The predicted octanol–water partition coefficient (Wildman–Crippen LogP) is 1.68. The molecular formula is C11H23N3O. The molecule has 0 amide bonds. The first-order valence-corrected chi connectivity index (χ1v) is 5.90. The molecule has 88 valence electrons. The number of rotatable bonds is 4. The van der Waals surface area contributed by atoms with Gasteiger partial charge in [0.1, 0.15) is 0 Å². The van der Waals surface area contributed by atoms with Crippen LogP contribution in [-0.4, -0.2) is 23.1 Å². The van der Waals surface area contributed by atoms with Gasteiger partial charge < -0.3 is 16.3 Å². The third-order valence-electron chi connectivity index (χ3n) is 3.33. The Morgan fingerprint density at radius 3 is 2.53 bits per heavy atom. The highest BCUT2D eigenvalue weighted by Gasteiger charge is 2.21. The van der Waals surface area contributed by atoms with Crippen LogP contribution in [0.15, 0.2) is 5.16 Å². The standard InChI is InChI=1S/C11H23N3O/c1-3-10(11(12)14-15)13-9-6-4-8(2)5-7-9/h8-10,13,15H,3-7H2,1-2H3,(H2,12,14). The van der Waals surface area contributed by atoms with Crippen LogP contribution in [0.4, 0.5) is 0 Å². The topological polar surface area (TPSA) is 70.6 Å². The molecule has 0 aliphatic heterocycles. The van der Waals surface area contributed by atoms with E-state index in [-0.39, 0.29) is 6.04 Å². The minimum atomic E-state index is 0.0217. The third-order valence-corrected chi connectivity index (χ3v) is 3.33. The Kier molecular flexibility index (Phi) is 4.88. The van der Waals surface area contributed by atoms with E-state index in [0.29, 0.717) is 11.9 Å². The van der Waals surface area contributed by atoms with Gasteiger partial charge >= 0.3 is 0 Å². The van der Waals surface area contributed by atoms with Crippen LogP contribution in [0.25, 0.3) is 0 Å². The fraction of sp³-hybridized carbons (Fsp3) is 0.909. The van der Waals surface area contributed by atoms with Crippen LogP contribution in [0.3, 0.4) is 0 Å². The number of hydrogen-bond donors (Lipinski definition) is 3. The highest BCUT2D eigenvalue weighted by Crippen LogP contribution is 2.23.